The van der Waals surface area contributed by atoms with Crippen LogP contribution < -0.4 is 16.2 Å². The van der Waals surface area contributed by atoms with E-state index in [0.29, 0.717) is 0 Å². The number of benzene rings is 9. The molecular weight excluding hydrogens is 763 g/mol. The maximum absolute atomic E-state index is 7.01. The molecule has 0 saturated heterocycles. The highest BCUT2D eigenvalue weighted by molar-refractivity contribution is 6.74. The molecule has 298 valence electrons. The number of nitrogens with zero attached hydrogens (tertiary/aromatic N) is 1. The van der Waals surface area contributed by atoms with Crippen molar-refractivity contribution >= 4 is 73.1 Å². The predicted molar refractivity (Wildman–Crippen MR) is 268 cm³/mol. The number of hydrogen-bond acceptors (Lipinski definition) is 2. The van der Waals surface area contributed by atoms with E-state index in [9.17, 15) is 0 Å². The molecule has 3 nitrogen and oxygen atoms in total. The van der Waals surface area contributed by atoms with Gasteiger partial charge in [0.25, 0.3) is 0 Å². The minimum absolute atomic E-state index is 0.150. The number of rotatable bonds is 5. The average Bonchev–Trinajstić information content (AvgIpc) is 3.93. The standard InChI is InChI=1S/C59H43BN2O/c1-34-23-26-38(27-24-34)61-49-32-47-42(39-19-13-14-22-46(39)59(47,3)4)30-43(49)54-40-20-11-12-21-41(40)55-44-29-35(2)25-28-50(44)62-51-31-45-52(33-48(51)60-56(54)57(55)62)63-58(37-17-9-6-10-18-37)53(45)36-15-7-5-8-16-36/h5-33,60-61H,1-4H3. The highest BCUT2D eigenvalue weighted by Crippen LogP contribution is 2.53. The molecule has 0 saturated carbocycles. The lowest BCUT2D eigenvalue weighted by molar-refractivity contribution is 0.632. The molecule has 2 aromatic heterocycles. The van der Waals surface area contributed by atoms with Crippen molar-refractivity contribution in [2.75, 3.05) is 5.32 Å². The summed E-state index contributed by atoms with van der Waals surface area (Å²) in [7, 11) is 0.752. The van der Waals surface area contributed by atoms with Crippen LogP contribution in [0.3, 0.4) is 0 Å². The first-order chi connectivity index (χ1) is 30.8. The molecule has 0 amide bonds. The predicted octanol–water partition coefficient (Wildman–Crippen LogP) is 14.1. The molecule has 2 aliphatic rings. The Morgan fingerprint density at radius 2 is 1.24 bits per heavy atom. The molecule has 1 aliphatic heterocycles. The van der Waals surface area contributed by atoms with Gasteiger partial charge in [-0.25, -0.2) is 0 Å². The summed E-state index contributed by atoms with van der Waals surface area (Å²) >= 11 is 0. The number of aryl methyl sites for hydroxylation is 2. The molecule has 0 unspecified atom stereocenters. The molecule has 0 bridgehead atoms. The zero-order chi connectivity index (χ0) is 42.1. The third-order valence-corrected chi connectivity index (χ3v) is 14.1. The molecule has 0 spiro atoms. The van der Waals surface area contributed by atoms with Crippen LogP contribution in [0, 0.1) is 13.8 Å². The van der Waals surface area contributed by atoms with Crippen molar-refractivity contribution in [1.82, 2.24) is 4.57 Å². The molecule has 4 heteroatoms. The molecule has 1 N–H and O–H groups in total. The summed E-state index contributed by atoms with van der Waals surface area (Å²) in [6.07, 6.45) is 0. The lowest BCUT2D eigenvalue weighted by Gasteiger charge is -2.27. The van der Waals surface area contributed by atoms with Crippen LogP contribution in [0.4, 0.5) is 11.4 Å². The van der Waals surface area contributed by atoms with E-state index in [1.807, 2.05) is 0 Å². The topological polar surface area (TPSA) is 30.1 Å². The van der Waals surface area contributed by atoms with Crippen molar-refractivity contribution in [2.24, 2.45) is 0 Å². The molecule has 0 fully saturated rings. The van der Waals surface area contributed by atoms with Gasteiger partial charge in [0.05, 0.1) is 5.52 Å². The second kappa shape index (κ2) is 13.2. The highest BCUT2D eigenvalue weighted by atomic mass is 16.3. The van der Waals surface area contributed by atoms with Crippen LogP contribution in [0.25, 0.3) is 93.9 Å². The van der Waals surface area contributed by atoms with Crippen molar-refractivity contribution in [1.29, 1.82) is 0 Å². The van der Waals surface area contributed by atoms with E-state index in [2.05, 4.69) is 214 Å². The Balaban J connectivity index is 1.16. The number of anilines is 2. The molecule has 11 aromatic rings. The molecule has 0 atom stereocenters. The van der Waals surface area contributed by atoms with Gasteiger partial charge in [0.2, 0.25) is 0 Å². The van der Waals surface area contributed by atoms with Gasteiger partial charge < -0.3 is 14.3 Å². The lowest BCUT2D eigenvalue weighted by atomic mass is 9.58. The van der Waals surface area contributed by atoms with Gasteiger partial charge >= 0.3 is 0 Å². The first-order valence-electron chi connectivity index (χ1n) is 22.1. The highest BCUT2D eigenvalue weighted by Gasteiger charge is 2.37. The summed E-state index contributed by atoms with van der Waals surface area (Å²) in [5.41, 5.74) is 22.9. The van der Waals surface area contributed by atoms with Crippen LogP contribution >= 0.6 is 0 Å². The number of fused-ring (bicyclic) bond motifs is 11. The first-order valence-corrected chi connectivity index (χ1v) is 22.1. The minimum Gasteiger partial charge on any atom is -0.455 e. The summed E-state index contributed by atoms with van der Waals surface area (Å²) in [6.45, 7) is 9.11. The quantitative estimate of drug-likeness (QED) is 0.176. The lowest BCUT2D eigenvalue weighted by Crippen LogP contribution is -2.37. The SMILES string of the molecule is Cc1ccc(Nc2cc3c(cc2-c2c4c5c(c6ccccc26)c2cc(C)ccc2n5-c2cc5c(-c6ccccc6)c(-c6ccccc6)oc5cc2B4)-c2ccccc2C3(C)C)cc1. The molecular formula is C59H43BN2O. The van der Waals surface area contributed by atoms with E-state index in [1.54, 1.807) is 0 Å². The van der Waals surface area contributed by atoms with Crippen LogP contribution in [0.1, 0.15) is 36.1 Å². The minimum atomic E-state index is -0.150. The van der Waals surface area contributed by atoms with Crippen LogP contribution in [0.5, 0.6) is 0 Å². The summed E-state index contributed by atoms with van der Waals surface area (Å²) < 4.78 is 9.59. The number of aromatic nitrogens is 1. The van der Waals surface area contributed by atoms with Crippen LogP contribution in [-0.2, 0) is 5.41 Å². The van der Waals surface area contributed by atoms with E-state index in [0.717, 1.165) is 52.1 Å². The van der Waals surface area contributed by atoms with Crippen molar-refractivity contribution in [2.45, 2.75) is 33.1 Å². The monoisotopic (exact) mass is 806 g/mol. The molecule has 63 heavy (non-hydrogen) atoms. The Kier molecular flexibility index (Phi) is 7.58. The van der Waals surface area contributed by atoms with Crippen LogP contribution in [0.2, 0.25) is 0 Å². The summed E-state index contributed by atoms with van der Waals surface area (Å²) in [5, 5.41) is 10.2. The van der Waals surface area contributed by atoms with Crippen LogP contribution in [-0.4, -0.2) is 11.8 Å². The van der Waals surface area contributed by atoms with E-state index < -0.39 is 0 Å². The Labute approximate surface area is 367 Å². The summed E-state index contributed by atoms with van der Waals surface area (Å²) in [4.78, 5) is 0. The second-order valence-corrected chi connectivity index (χ2v) is 18.3. The molecule has 9 aromatic carbocycles. The Morgan fingerprint density at radius 1 is 0.540 bits per heavy atom. The fourth-order valence-corrected chi connectivity index (χ4v) is 11.1. The molecule has 3 heterocycles. The van der Waals surface area contributed by atoms with Gasteiger partial charge in [0, 0.05) is 60.8 Å². The van der Waals surface area contributed by atoms with Gasteiger partial charge in [-0.15, -0.1) is 0 Å². The zero-order valence-corrected chi connectivity index (χ0v) is 35.8. The van der Waals surface area contributed by atoms with Crippen molar-refractivity contribution in [3.05, 3.63) is 198 Å². The zero-order valence-electron chi connectivity index (χ0n) is 35.8. The summed E-state index contributed by atoms with van der Waals surface area (Å²) in [5.74, 6) is 0.898. The average molecular weight is 807 g/mol. The maximum Gasteiger partial charge on any atom is 0.198 e. The van der Waals surface area contributed by atoms with Crippen molar-refractivity contribution in [3.8, 4) is 50.4 Å². The Bertz CT molecular complexity index is 3710. The number of nitrogens with one attached hydrogen (secondary N) is 1. The largest absolute Gasteiger partial charge is 0.455 e. The van der Waals surface area contributed by atoms with Gasteiger partial charge in [-0.3, -0.25) is 0 Å². The van der Waals surface area contributed by atoms with Gasteiger partial charge in [-0.2, -0.15) is 0 Å². The van der Waals surface area contributed by atoms with Crippen molar-refractivity contribution < 1.29 is 4.42 Å². The fourth-order valence-electron chi connectivity index (χ4n) is 11.1. The molecule has 13 rings (SSSR count). The van der Waals surface area contributed by atoms with E-state index in [-0.39, 0.29) is 5.41 Å². The van der Waals surface area contributed by atoms with E-state index in [4.69, 9.17) is 4.42 Å². The smallest absolute Gasteiger partial charge is 0.198 e. The van der Waals surface area contributed by atoms with Gasteiger partial charge in [-0.05, 0) is 112 Å². The number of hydrogen-bond donors (Lipinski definition) is 1. The van der Waals surface area contributed by atoms with Gasteiger partial charge in [0.15, 0.2) is 7.28 Å². The second-order valence-electron chi connectivity index (χ2n) is 18.3. The first kappa shape index (κ1) is 36.1. The maximum atomic E-state index is 7.01. The van der Waals surface area contributed by atoms with Gasteiger partial charge in [0.1, 0.15) is 11.3 Å². The summed E-state index contributed by atoms with van der Waals surface area (Å²) in [6, 6.07) is 64.9. The number of furan rings is 1. The van der Waals surface area contributed by atoms with Crippen LogP contribution in [0.15, 0.2) is 180 Å². The third-order valence-electron chi connectivity index (χ3n) is 14.1. The Morgan fingerprint density at radius 3 is 2.03 bits per heavy atom. The fraction of sp³-hybridized carbons (Fsp3) is 0.0847. The Hall–Kier alpha value is -7.56. The van der Waals surface area contributed by atoms with Crippen molar-refractivity contribution in [3.63, 3.8) is 0 Å². The normalized spacial score (nSPS) is 13.3. The van der Waals surface area contributed by atoms with E-state index in [1.165, 1.54) is 93.7 Å². The van der Waals surface area contributed by atoms with E-state index >= 15 is 0 Å². The third kappa shape index (κ3) is 5.22. The molecule has 0 radical (unpaired) electrons. The molecule has 1 aliphatic carbocycles. The van der Waals surface area contributed by atoms with Gasteiger partial charge in [-0.1, -0.05) is 158 Å².